The summed E-state index contributed by atoms with van der Waals surface area (Å²) in [7, 11) is -3.16. The van der Waals surface area contributed by atoms with E-state index in [1.807, 2.05) is 19.1 Å². The number of anilines is 2. The van der Waals surface area contributed by atoms with Crippen LogP contribution in [0, 0.1) is 12.8 Å². The van der Waals surface area contributed by atoms with E-state index in [2.05, 4.69) is 5.32 Å². The van der Waals surface area contributed by atoms with E-state index >= 15 is 0 Å². The minimum absolute atomic E-state index is 0.0853. The van der Waals surface area contributed by atoms with Crippen molar-refractivity contribution in [1.82, 2.24) is 0 Å². The first-order valence-electron chi connectivity index (χ1n) is 7.89. The van der Waals surface area contributed by atoms with Gasteiger partial charge in [-0.05, 0) is 49.9 Å². The van der Waals surface area contributed by atoms with E-state index in [4.69, 9.17) is 0 Å². The summed E-state index contributed by atoms with van der Waals surface area (Å²) < 4.78 is 25.4. The van der Waals surface area contributed by atoms with Crippen LogP contribution in [0.5, 0.6) is 0 Å². The monoisotopic (exact) mass is 322 g/mol. The number of hydrogen-bond acceptors (Lipinski definition) is 3. The molecule has 0 radical (unpaired) electrons. The Hall–Kier alpha value is -1.56. The van der Waals surface area contributed by atoms with Gasteiger partial charge in [0.15, 0.2) is 0 Å². The van der Waals surface area contributed by atoms with Crippen molar-refractivity contribution >= 4 is 27.3 Å². The number of amides is 1. The zero-order valence-electron chi connectivity index (χ0n) is 12.8. The second-order valence-corrected chi connectivity index (χ2v) is 8.22. The number of sulfonamides is 1. The number of benzene rings is 1. The molecule has 22 heavy (non-hydrogen) atoms. The van der Waals surface area contributed by atoms with E-state index in [0.717, 1.165) is 36.9 Å². The van der Waals surface area contributed by atoms with E-state index in [1.54, 1.807) is 6.07 Å². The molecule has 2 aliphatic rings. The van der Waals surface area contributed by atoms with Gasteiger partial charge in [0.2, 0.25) is 15.9 Å². The highest BCUT2D eigenvalue weighted by atomic mass is 32.2. The summed E-state index contributed by atoms with van der Waals surface area (Å²) in [5.74, 6) is 0.423. The Morgan fingerprint density at radius 1 is 1.23 bits per heavy atom. The second kappa shape index (κ2) is 5.91. The molecule has 1 amide bonds. The van der Waals surface area contributed by atoms with Crippen LogP contribution in [-0.2, 0) is 14.8 Å². The molecule has 1 saturated carbocycles. The van der Waals surface area contributed by atoms with Gasteiger partial charge in [-0.3, -0.25) is 9.10 Å². The lowest BCUT2D eigenvalue weighted by molar-refractivity contribution is -0.119. The van der Waals surface area contributed by atoms with Gasteiger partial charge in [-0.25, -0.2) is 8.42 Å². The largest absolute Gasteiger partial charge is 0.326 e. The maximum Gasteiger partial charge on any atom is 0.235 e. The molecule has 1 saturated heterocycles. The molecule has 1 aliphatic carbocycles. The van der Waals surface area contributed by atoms with Gasteiger partial charge in [0.1, 0.15) is 0 Å². The van der Waals surface area contributed by atoms with E-state index in [1.165, 1.54) is 4.31 Å². The molecule has 0 spiro atoms. The first-order valence-corrected chi connectivity index (χ1v) is 9.50. The van der Waals surface area contributed by atoms with E-state index in [-0.39, 0.29) is 17.6 Å². The molecule has 3 rings (SSSR count). The lowest BCUT2D eigenvalue weighted by Crippen LogP contribution is -2.25. The van der Waals surface area contributed by atoms with Crippen LogP contribution in [0.25, 0.3) is 0 Å². The van der Waals surface area contributed by atoms with Crippen LogP contribution >= 0.6 is 0 Å². The molecule has 1 aromatic carbocycles. The molecule has 1 aliphatic heterocycles. The smallest absolute Gasteiger partial charge is 0.235 e. The molecule has 0 bridgehead atoms. The fraction of sp³-hybridized carbons (Fsp3) is 0.562. The summed E-state index contributed by atoms with van der Waals surface area (Å²) in [4.78, 5) is 12.2. The summed E-state index contributed by atoms with van der Waals surface area (Å²) in [6, 6.07) is 5.43. The summed E-state index contributed by atoms with van der Waals surface area (Å²) in [6.45, 7) is 2.44. The molecule has 6 heteroatoms. The molecule has 0 aromatic heterocycles. The third-order valence-electron chi connectivity index (χ3n) is 4.58. The minimum atomic E-state index is -3.16. The predicted molar refractivity (Wildman–Crippen MR) is 87.5 cm³/mol. The molecule has 120 valence electrons. The minimum Gasteiger partial charge on any atom is -0.326 e. The number of aryl methyl sites for hydroxylation is 1. The Labute approximate surface area is 131 Å². The normalized spacial score (nSPS) is 21.2. The van der Waals surface area contributed by atoms with E-state index < -0.39 is 10.0 Å². The average molecular weight is 322 g/mol. The maximum absolute atomic E-state index is 12.2. The first-order chi connectivity index (χ1) is 10.5. The van der Waals surface area contributed by atoms with Crippen molar-refractivity contribution in [3.05, 3.63) is 23.8 Å². The van der Waals surface area contributed by atoms with Crippen LogP contribution < -0.4 is 9.62 Å². The second-order valence-electron chi connectivity index (χ2n) is 6.21. The van der Waals surface area contributed by atoms with E-state index in [9.17, 15) is 13.2 Å². The van der Waals surface area contributed by atoms with Crippen LogP contribution in [0.1, 0.15) is 37.7 Å². The standard InChI is InChI=1S/C16H22N2O3S/c1-12-11-14(18-9-4-10-22(18,20)21)7-8-15(12)17-16(19)13-5-2-3-6-13/h7-8,11,13H,2-6,9-10H2,1H3,(H,17,19). The maximum atomic E-state index is 12.2. The fourth-order valence-corrected chi connectivity index (χ4v) is 4.85. The highest BCUT2D eigenvalue weighted by Crippen LogP contribution is 2.30. The molecular weight excluding hydrogens is 300 g/mol. The van der Waals surface area contributed by atoms with Gasteiger partial charge >= 0.3 is 0 Å². The van der Waals surface area contributed by atoms with Gasteiger partial charge in [-0.2, -0.15) is 0 Å². The lowest BCUT2D eigenvalue weighted by atomic mass is 10.1. The Morgan fingerprint density at radius 2 is 1.95 bits per heavy atom. The van der Waals surface area contributed by atoms with Crippen LogP contribution in [0.4, 0.5) is 11.4 Å². The van der Waals surface area contributed by atoms with Crippen molar-refractivity contribution in [3.63, 3.8) is 0 Å². The molecule has 0 unspecified atom stereocenters. The van der Waals surface area contributed by atoms with Crippen molar-refractivity contribution in [3.8, 4) is 0 Å². The van der Waals surface area contributed by atoms with E-state index in [0.29, 0.717) is 18.7 Å². The van der Waals surface area contributed by atoms with Crippen LogP contribution in [0.15, 0.2) is 18.2 Å². The molecule has 5 nitrogen and oxygen atoms in total. The molecule has 0 atom stereocenters. The van der Waals surface area contributed by atoms with Crippen molar-refractivity contribution in [2.24, 2.45) is 5.92 Å². The molecule has 1 heterocycles. The Balaban J connectivity index is 1.76. The van der Waals surface area contributed by atoms with Gasteiger partial charge in [0, 0.05) is 18.2 Å². The van der Waals surface area contributed by atoms with Crippen molar-refractivity contribution in [2.45, 2.75) is 39.0 Å². The molecule has 1 aromatic rings. The van der Waals surface area contributed by atoms with Gasteiger partial charge in [-0.15, -0.1) is 0 Å². The van der Waals surface area contributed by atoms with Crippen molar-refractivity contribution in [1.29, 1.82) is 0 Å². The SMILES string of the molecule is Cc1cc(N2CCCS2(=O)=O)ccc1NC(=O)C1CCCC1. The molecular formula is C16H22N2O3S. The third-order valence-corrected chi connectivity index (χ3v) is 6.45. The van der Waals surface area contributed by atoms with Crippen LogP contribution in [-0.4, -0.2) is 26.6 Å². The highest BCUT2D eigenvalue weighted by Gasteiger charge is 2.29. The number of carbonyl (C=O) groups excluding carboxylic acids is 1. The average Bonchev–Trinajstić information content (AvgIpc) is 3.10. The number of nitrogens with one attached hydrogen (secondary N) is 1. The van der Waals surface area contributed by atoms with Crippen LogP contribution in [0.2, 0.25) is 0 Å². The summed E-state index contributed by atoms with van der Waals surface area (Å²) in [5, 5.41) is 2.98. The number of carbonyl (C=O) groups is 1. The fourth-order valence-electron chi connectivity index (χ4n) is 3.30. The molecule has 1 N–H and O–H groups in total. The van der Waals surface area contributed by atoms with Gasteiger partial charge in [-0.1, -0.05) is 12.8 Å². The number of rotatable bonds is 3. The Kier molecular flexibility index (Phi) is 4.12. The Morgan fingerprint density at radius 3 is 2.55 bits per heavy atom. The quantitative estimate of drug-likeness (QED) is 0.930. The first kappa shape index (κ1) is 15.3. The summed E-state index contributed by atoms with van der Waals surface area (Å²) in [5.41, 5.74) is 2.36. The predicted octanol–water partition coefficient (Wildman–Crippen LogP) is 2.66. The third kappa shape index (κ3) is 2.97. The van der Waals surface area contributed by atoms with Gasteiger partial charge in [0.25, 0.3) is 0 Å². The summed E-state index contributed by atoms with van der Waals surface area (Å²) >= 11 is 0. The van der Waals surface area contributed by atoms with Crippen molar-refractivity contribution < 1.29 is 13.2 Å². The zero-order valence-corrected chi connectivity index (χ0v) is 13.7. The van der Waals surface area contributed by atoms with Crippen LogP contribution in [0.3, 0.4) is 0 Å². The number of nitrogens with zero attached hydrogens (tertiary/aromatic N) is 1. The zero-order chi connectivity index (χ0) is 15.7. The van der Waals surface area contributed by atoms with Gasteiger partial charge < -0.3 is 5.32 Å². The summed E-state index contributed by atoms with van der Waals surface area (Å²) in [6.07, 6.45) is 4.86. The molecule has 2 fully saturated rings. The topological polar surface area (TPSA) is 66.5 Å². The highest BCUT2D eigenvalue weighted by molar-refractivity contribution is 7.93. The lowest BCUT2D eigenvalue weighted by Gasteiger charge is -2.19. The number of hydrogen-bond donors (Lipinski definition) is 1. The van der Waals surface area contributed by atoms with Crippen molar-refractivity contribution in [2.75, 3.05) is 21.9 Å². The van der Waals surface area contributed by atoms with Gasteiger partial charge in [0.05, 0.1) is 11.4 Å². The Bertz CT molecular complexity index is 679.